The number of hydrogen-bond acceptors (Lipinski definition) is 3. The fourth-order valence-corrected chi connectivity index (χ4v) is 3.43. The highest BCUT2D eigenvalue weighted by Gasteiger charge is 2.25. The first kappa shape index (κ1) is 16.9. The molecule has 1 atom stereocenters. The summed E-state index contributed by atoms with van der Waals surface area (Å²) in [6.07, 6.45) is 3.03. The van der Waals surface area contributed by atoms with Crippen LogP contribution >= 0.6 is 27.5 Å². The monoisotopic (exact) mass is 373 g/mol. The summed E-state index contributed by atoms with van der Waals surface area (Å²) in [5.74, 6) is 0.0727. The Morgan fingerprint density at radius 2 is 2.19 bits per heavy atom. The lowest BCUT2D eigenvalue weighted by atomic mass is 9.98. The van der Waals surface area contributed by atoms with Crippen molar-refractivity contribution in [1.82, 2.24) is 4.90 Å². The third-order valence-electron chi connectivity index (χ3n) is 4.04. The SMILES string of the molecule is CC1(O)CCCN(CCC(=O)c2ccc(Br)cc2Cl)CC1. The molecule has 5 heteroatoms. The number of benzene rings is 1. The summed E-state index contributed by atoms with van der Waals surface area (Å²) < 4.78 is 0.874. The number of aliphatic hydroxyl groups is 1. The lowest BCUT2D eigenvalue weighted by Gasteiger charge is -2.22. The first-order chi connectivity index (χ1) is 9.87. The minimum atomic E-state index is -0.562. The van der Waals surface area contributed by atoms with E-state index in [1.54, 1.807) is 12.1 Å². The Labute approximate surface area is 139 Å². The lowest BCUT2D eigenvalue weighted by molar-refractivity contribution is 0.0447. The van der Waals surface area contributed by atoms with Crippen molar-refractivity contribution in [3.05, 3.63) is 33.3 Å². The van der Waals surface area contributed by atoms with Gasteiger partial charge in [0.05, 0.1) is 10.6 Å². The number of halogens is 2. The van der Waals surface area contributed by atoms with Crippen LogP contribution in [-0.2, 0) is 0 Å². The van der Waals surface area contributed by atoms with Gasteiger partial charge < -0.3 is 10.0 Å². The molecule has 0 bridgehead atoms. The second-order valence-electron chi connectivity index (χ2n) is 5.99. The standard InChI is InChI=1S/C16H21BrClNO2/c1-16(21)6-2-8-19(10-7-16)9-5-15(20)13-4-3-12(17)11-14(13)18/h3-4,11,21H,2,5-10H2,1H3. The molecule has 1 aliphatic heterocycles. The molecule has 0 aromatic heterocycles. The third kappa shape index (κ3) is 5.06. The minimum Gasteiger partial charge on any atom is -0.390 e. The smallest absolute Gasteiger partial charge is 0.165 e. The van der Waals surface area contributed by atoms with E-state index in [0.717, 1.165) is 43.4 Å². The van der Waals surface area contributed by atoms with Crippen LogP contribution < -0.4 is 0 Å². The van der Waals surface area contributed by atoms with E-state index >= 15 is 0 Å². The molecule has 3 nitrogen and oxygen atoms in total. The average Bonchev–Trinajstić information content (AvgIpc) is 2.57. The van der Waals surface area contributed by atoms with Gasteiger partial charge in [-0.15, -0.1) is 0 Å². The molecule has 116 valence electrons. The maximum atomic E-state index is 12.3. The van der Waals surface area contributed by atoms with Gasteiger partial charge >= 0.3 is 0 Å². The van der Waals surface area contributed by atoms with Crippen LogP contribution in [0.25, 0.3) is 0 Å². The number of carbonyl (C=O) groups is 1. The summed E-state index contributed by atoms with van der Waals surface area (Å²) in [7, 11) is 0. The highest BCUT2D eigenvalue weighted by atomic mass is 79.9. The number of Topliss-reactive ketones (excluding diaryl/α,β-unsaturated/α-hetero) is 1. The van der Waals surface area contributed by atoms with Crippen LogP contribution in [0.3, 0.4) is 0 Å². The number of carbonyl (C=O) groups excluding carboxylic acids is 1. The van der Waals surface area contributed by atoms with E-state index in [0.29, 0.717) is 17.0 Å². The Bertz CT molecular complexity index is 519. The molecule has 1 unspecified atom stereocenters. The Morgan fingerprint density at radius 1 is 1.43 bits per heavy atom. The largest absolute Gasteiger partial charge is 0.390 e. The summed E-state index contributed by atoms with van der Waals surface area (Å²) in [6.45, 7) is 4.40. The van der Waals surface area contributed by atoms with E-state index in [4.69, 9.17) is 11.6 Å². The van der Waals surface area contributed by atoms with Crippen molar-refractivity contribution in [3.63, 3.8) is 0 Å². The van der Waals surface area contributed by atoms with Crippen LogP contribution in [-0.4, -0.2) is 41.0 Å². The molecule has 0 amide bonds. The number of hydrogen-bond donors (Lipinski definition) is 1. The minimum absolute atomic E-state index is 0.0727. The molecule has 1 aromatic rings. The summed E-state index contributed by atoms with van der Waals surface area (Å²) in [5, 5.41) is 10.6. The molecule has 0 spiro atoms. The quantitative estimate of drug-likeness (QED) is 0.812. The van der Waals surface area contributed by atoms with Crippen LogP contribution in [0, 0.1) is 0 Å². The summed E-state index contributed by atoms with van der Waals surface area (Å²) in [6, 6.07) is 5.35. The van der Waals surface area contributed by atoms with Crippen molar-refractivity contribution in [1.29, 1.82) is 0 Å². The van der Waals surface area contributed by atoms with Gasteiger partial charge in [-0.1, -0.05) is 27.5 Å². The summed E-state index contributed by atoms with van der Waals surface area (Å²) in [4.78, 5) is 14.5. The fourth-order valence-electron chi connectivity index (χ4n) is 2.65. The highest BCUT2D eigenvalue weighted by molar-refractivity contribution is 9.10. The Morgan fingerprint density at radius 3 is 2.90 bits per heavy atom. The van der Waals surface area contributed by atoms with Crippen molar-refractivity contribution in [2.75, 3.05) is 19.6 Å². The predicted octanol–water partition coefficient (Wildman–Crippen LogP) is 3.91. The van der Waals surface area contributed by atoms with Crippen molar-refractivity contribution in [2.24, 2.45) is 0 Å². The number of rotatable bonds is 4. The van der Waals surface area contributed by atoms with E-state index in [1.807, 2.05) is 13.0 Å². The topological polar surface area (TPSA) is 40.5 Å². The van der Waals surface area contributed by atoms with Gasteiger partial charge in [-0.05, 0) is 50.9 Å². The molecule has 21 heavy (non-hydrogen) atoms. The second kappa shape index (κ2) is 7.23. The molecule has 0 radical (unpaired) electrons. The first-order valence-electron chi connectivity index (χ1n) is 7.30. The van der Waals surface area contributed by atoms with Crippen LogP contribution in [0.4, 0.5) is 0 Å². The molecule has 2 rings (SSSR count). The van der Waals surface area contributed by atoms with Gasteiger partial charge in [-0.25, -0.2) is 0 Å². The first-order valence-corrected chi connectivity index (χ1v) is 8.47. The Hall–Kier alpha value is -0.420. The van der Waals surface area contributed by atoms with E-state index in [9.17, 15) is 9.90 Å². The van der Waals surface area contributed by atoms with Crippen molar-refractivity contribution >= 4 is 33.3 Å². The average molecular weight is 375 g/mol. The fraction of sp³-hybridized carbons (Fsp3) is 0.562. The third-order valence-corrected chi connectivity index (χ3v) is 4.85. The molecular formula is C16H21BrClNO2. The van der Waals surface area contributed by atoms with Gasteiger partial charge in [0.1, 0.15) is 0 Å². The lowest BCUT2D eigenvalue weighted by Crippen LogP contribution is -2.30. The molecule has 0 aliphatic carbocycles. The molecule has 1 heterocycles. The van der Waals surface area contributed by atoms with Gasteiger partial charge in [0.2, 0.25) is 0 Å². The highest BCUT2D eigenvalue weighted by Crippen LogP contribution is 2.24. The summed E-state index contributed by atoms with van der Waals surface area (Å²) in [5.41, 5.74) is 0.0232. The van der Waals surface area contributed by atoms with Crippen molar-refractivity contribution in [3.8, 4) is 0 Å². The molecule has 1 aromatic carbocycles. The van der Waals surface area contributed by atoms with Crippen LogP contribution in [0.15, 0.2) is 22.7 Å². The van der Waals surface area contributed by atoms with Gasteiger partial charge in [0.15, 0.2) is 5.78 Å². The predicted molar refractivity (Wildman–Crippen MR) is 89.0 cm³/mol. The van der Waals surface area contributed by atoms with Crippen molar-refractivity contribution in [2.45, 2.75) is 38.2 Å². The molecule has 0 saturated carbocycles. The number of ketones is 1. The van der Waals surface area contributed by atoms with Crippen LogP contribution in [0.5, 0.6) is 0 Å². The van der Waals surface area contributed by atoms with E-state index in [-0.39, 0.29) is 5.78 Å². The van der Waals surface area contributed by atoms with Crippen LogP contribution in [0.1, 0.15) is 43.0 Å². The second-order valence-corrected chi connectivity index (χ2v) is 7.31. The number of likely N-dealkylation sites (tertiary alicyclic amines) is 1. The zero-order valence-electron chi connectivity index (χ0n) is 12.2. The summed E-state index contributed by atoms with van der Waals surface area (Å²) >= 11 is 9.45. The normalized spacial score (nSPS) is 23.8. The number of nitrogens with zero attached hydrogens (tertiary/aromatic N) is 1. The van der Waals surface area contributed by atoms with Crippen LogP contribution in [0.2, 0.25) is 5.02 Å². The van der Waals surface area contributed by atoms with E-state index < -0.39 is 5.60 Å². The molecule has 1 aliphatic rings. The Kier molecular flexibility index (Phi) is 5.83. The van der Waals surface area contributed by atoms with Gasteiger partial charge in [-0.2, -0.15) is 0 Å². The Balaban J connectivity index is 1.89. The van der Waals surface area contributed by atoms with E-state index in [1.165, 1.54) is 0 Å². The van der Waals surface area contributed by atoms with Crippen molar-refractivity contribution < 1.29 is 9.90 Å². The molecule has 1 N–H and O–H groups in total. The zero-order chi connectivity index (χ0) is 15.5. The van der Waals surface area contributed by atoms with Gasteiger partial charge in [0.25, 0.3) is 0 Å². The van der Waals surface area contributed by atoms with E-state index in [2.05, 4.69) is 20.8 Å². The zero-order valence-corrected chi connectivity index (χ0v) is 14.6. The maximum absolute atomic E-state index is 12.3. The molecule has 1 fully saturated rings. The molecular weight excluding hydrogens is 354 g/mol. The van der Waals surface area contributed by atoms with Gasteiger partial charge in [-0.3, -0.25) is 4.79 Å². The maximum Gasteiger partial charge on any atom is 0.165 e. The molecule has 1 saturated heterocycles. The van der Waals surface area contributed by atoms with Gasteiger partial charge in [0, 0.05) is 29.5 Å².